The van der Waals surface area contributed by atoms with Gasteiger partial charge in [-0.15, -0.1) is 11.3 Å². The quantitative estimate of drug-likeness (QED) is 0.882. The zero-order chi connectivity index (χ0) is 14.7. The Balaban J connectivity index is 2.03. The SMILES string of the molecule is CCNCc1cc(CN2CC(C)CC(C)C2C)c(C)s1. The second-order valence-corrected chi connectivity index (χ2v) is 7.90. The Morgan fingerprint density at radius 2 is 2.10 bits per heavy atom. The number of nitrogens with zero attached hydrogens (tertiary/aromatic N) is 1. The minimum Gasteiger partial charge on any atom is -0.312 e. The maximum absolute atomic E-state index is 3.43. The van der Waals surface area contributed by atoms with Gasteiger partial charge in [0.2, 0.25) is 0 Å². The molecular formula is C17H30N2S. The van der Waals surface area contributed by atoms with Gasteiger partial charge in [0, 0.05) is 35.4 Å². The number of likely N-dealkylation sites (tertiary alicyclic amines) is 1. The van der Waals surface area contributed by atoms with Gasteiger partial charge in [-0.3, -0.25) is 4.90 Å². The van der Waals surface area contributed by atoms with Gasteiger partial charge >= 0.3 is 0 Å². The molecule has 0 aromatic carbocycles. The lowest BCUT2D eigenvalue weighted by molar-refractivity contribution is 0.0729. The number of hydrogen-bond donors (Lipinski definition) is 1. The molecule has 3 heteroatoms. The van der Waals surface area contributed by atoms with Gasteiger partial charge in [-0.05, 0) is 50.3 Å². The van der Waals surface area contributed by atoms with E-state index in [0.717, 1.165) is 31.5 Å². The predicted molar refractivity (Wildman–Crippen MR) is 89.3 cm³/mol. The second-order valence-electron chi connectivity index (χ2n) is 6.56. The van der Waals surface area contributed by atoms with Crippen molar-refractivity contribution >= 4 is 11.3 Å². The van der Waals surface area contributed by atoms with Gasteiger partial charge in [0.15, 0.2) is 0 Å². The molecule has 0 spiro atoms. The Kier molecular flexibility index (Phi) is 5.65. The van der Waals surface area contributed by atoms with Gasteiger partial charge in [0.05, 0.1) is 0 Å². The van der Waals surface area contributed by atoms with Crippen molar-refractivity contribution in [3.05, 3.63) is 21.4 Å². The number of rotatable bonds is 5. The number of hydrogen-bond acceptors (Lipinski definition) is 3. The van der Waals surface area contributed by atoms with Crippen LogP contribution in [-0.2, 0) is 13.1 Å². The number of piperidine rings is 1. The van der Waals surface area contributed by atoms with Gasteiger partial charge in [0.25, 0.3) is 0 Å². The minimum atomic E-state index is 0.711. The van der Waals surface area contributed by atoms with Crippen molar-refractivity contribution in [2.75, 3.05) is 13.1 Å². The van der Waals surface area contributed by atoms with Gasteiger partial charge < -0.3 is 5.32 Å². The van der Waals surface area contributed by atoms with Crippen LogP contribution in [0.25, 0.3) is 0 Å². The number of nitrogens with one attached hydrogen (secondary N) is 1. The molecule has 0 aliphatic carbocycles. The highest BCUT2D eigenvalue weighted by molar-refractivity contribution is 7.12. The van der Waals surface area contributed by atoms with Crippen LogP contribution in [0.3, 0.4) is 0 Å². The highest BCUT2D eigenvalue weighted by Gasteiger charge is 2.29. The first kappa shape index (κ1) is 16.0. The van der Waals surface area contributed by atoms with E-state index in [-0.39, 0.29) is 0 Å². The minimum absolute atomic E-state index is 0.711. The topological polar surface area (TPSA) is 15.3 Å². The first-order chi connectivity index (χ1) is 9.51. The molecule has 1 aromatic rings. The predicted octanol–water partition coefficient (Wildman–Crippen LogP) is 4.03. The molecular weight excluding hydrogens is 264 g/mol. The van der Waals surface area contributed by atoms with E-state index >= 15 is 0 Å². The molecule has 3 atom stereocenters. The van der Waals surface area contributed by atoms with E-state index in [2.05, 4.69) is 50.9 Å². The number of aryl methyl sites for hydroxylation is 1. The van der Waals surface area contributed by atoms with Crippen LogP contribution in [-0.4, -0.2) is 24.0 Å². The van der Waals surface area contributed by atoms with E-state index < -0.39 is 0 Å². The average molecular weight is 295 g/mol. The molecule has 0 saturated carbocycles. The van der Waals surface area contributed by atoms with E-state index in [0.29, 0.717) is 6.04 Å². The summed E-state index contributed by atoms with van der Waals surface area (Å²) in [7, 11) is 0. The summed E-state index contributed by atoms with van der Waals surface area (Å²) in [4.78, 5) is 5.66. The first-order valence-corrected chi connectivity index (χ1v) is 8.85. The zero-order valence-corrected chi connectivity index (χ0v) is 14.5. The third-order valence-electron chi connectivity index (χ3n) is 4.71. The summed E-state index contributed by atoms with van der Waals surface area (Å²) in [6.45, 7) is 16.1. The van der Waals surface area contributed by atoms with Crippen LogP contribution in [0.5, 0.6) is 0 Å². The Bertz CT molecular complexity index is 427. The summed E-state index contributed by atoms with van der Waals surface area (Å²) in [6, 6.07) is 3.13. The second kappa shape index (κ2) is 7.06. The molecule has 1 aliphatic rings. The van der Waals surface area contributed by atoms with Gasteiger partial charge in [-0.25, -0.2) is 0 Å². The van der Waals surface area contributed by atoms with E-state index in [1.54, 1.807) is 0 Å². The Labute approximate surface area is 128 Å². The smallest absolute Gasteiger partial charge is 0.0299 e. The third-order valence-corrected chi connectivity index (χ3v) is 5.81. The van der Waals surface area contributed by atoms with Crippen LogP contribution in [0.2, 0.25) is 0 Å². The molecule has 1 fully saturated rings. The molecule has 0 radical (unpaired) electrons. The van der Waals surface area contributed by atoms with Crippen LogP contribution >= 0.6 is 11.3 Å². The Morgan fingerprint density at radius 3 is 2.80 bits per heavy atom. The highest BCUT2D eigenvalue weighted by atomic mass is 32.1. The van der Waals surface area contributed by atoms with Gasteiger partial charge in [-0.2, -0.15) is 0 Å². The third kappa shape index (κ3) is 3.84. The summed E-state index contributed by atoms with van der Waals surface area (Å²) in [6.07, 6.45) is 1.38. The highest BCUT2D eigenvalue weighted by Crippen LogP contribution is 2.30. The molecule has 1 aliphatic heterocycles. The van der Waals surface area contributed by atoms with Crippen molar-refractivity contribution in [1.29, 1.82) is 0 Å². The summed E-state index contributed by atoms with van der Waals surface area (Å²) in [5.41, 5.74) is 1.54. The van der Waals surface area contributed by atoms with Crippen LogP contribution < -0.4 is 5.32 Å². The number of thiophene rings is 1. The summed E-state index contributed by atoms with van der Waals surface area (Å²) < 4.78 is 0. The lowest BCUT2D eigenvalue weighted by Gasteiger charge is -2.41. The van der Waals surface area contributed by atoms with Gasteiger partial charge in [-0.1, -0.05) is 20.8 Å². The van der Waals surface area contributed by atoms with E-state index in [9.17, 15) is 0 Å². The largest absolute Gasteiger partial charge is 0.312 e. The maximum atomic E-state index is 3.43. The fourth-order valence-corrected chi connectivity index (χ4v) is 4.36. The molecule has 0 bridgehead atoms. The van der Waals surface area contributed by atoms with Crippen LogP contribution in [0.15, 0.2) is 6.07 Å². The lowest BCUT2D eigenvalue weighted by atomic mass is 9.86. The molecule has 2 rings (SSSR count). The van der Waals surface area contributed by atoms with Crippen molar-refractivity contribution in [3.63, 3.8) is 0 Å². The summed E-state index contributed by atoms with van der Waals surface area (Å²) >= 11 is 1.96. The standard InChI is InChI=1S/C17H30N2S/c1-6-18-9-17-8-16(15(5)20-17)11-19-10-12(2)7-13(3)14(19)4/h8,12-14,18H,6-7,9-11H2,1-5H3. The Morgan fingerprint density at radius 1 is 1.35 bits per heavy atom. The molecule has 0 amide bonds. The molecule has 1 N–H and O–H groups in total. The first-order valence-electron chi connectivity index (χ1n) is 8.04. The molecule has 114 valence electrons. The van der Waals surface area contributed by atoms with Crippen molar-refractivity contribution in [2.24, 2.45) is 11.8 Å². The normalized spacial score (nSPS) is 27.9. The van der Waals surface area contributed by atoms with Crippen molar-refractivity contribution in [1.82, 2.24) is 10.2 Å². The maximum Gasteiger partial charge on any atom is 0.0299 e. The monoisotopic (exact) mass is 294 g/mol. The van der Waals surface area contributed by atoms with Crippen molar-refractivity contribution in [2.45, 2.75) is 60.2 Å². The Hall–Kier alpha value is -0.380. The van der Waals surface area contributed by atoms with Crippen LogP contribution in [0.4, 0.5) is 0 Å². The average Bonchev–Trinajstić information content (AvgIpc) is 2.73. The van der Waals surface area contributed by atoms with Crippen LogP contribution in [0, 0.1) is 18.8 Å². The van der Waals surface area contributed by atoms with E-state index in [1.165, 1.54) is 28.3 Å². The molecule has 1 saturated heterocycles. The molecule has 2 heterocycles. The van der Waals surface area contributed by atoms with E-state index in [4.69, 9.17) is 0 Å². The molecule has 3 unspecified atom stereocenters. The van der Waals surface area contributed by atoms with E-state index in [1.807, 2.05) is 11.3 Å². The molecule has 1 aromatic heterocycles. The zero-order valence-electron chi connectivity index (χ0n) is 13.7. The molecule has 2 nitrogen and oxygen atoms in total. The molecule has 20 heavy (non-hydrogen) atoms. The van der Waals surface area contributed by atoms with Crippen molar-refractivity contribution < 1.29 is 0 Å². The lowest BCUT2D eigenvalue weighted by Crippen LogP contribution is -2.45. The summed E-state index contributed by atoms with van der Waals surface area (Å²) in [5.74, 6) is 1.65. The summed E-state index contributed by atoms with van der Waals surface area (Å²) in [5, 5.41) is 3.43. The van der Waals surface area contributed by atoms with Crippen molar-refractivity contribution in [3.8, 4) is 0 Å². The van der Waals surface area contributed by atoms with Crippen LogP contribution in [0.1, 0.15) is 49.4 Å². The van der Waals surface area contributed by atoms with Gasteiger partial charge in [0.1, 0.15) is 0 Å². The fraction of sp³-hybridized carbons (Fsp3) is 0.765. The fourth-order valence-electron chi connectivity index (χ4n) is 3.34.